The van der Waals surface area contributed by atoms with E-state index in [1.54, 1.807) is 30.5 Å². The summed E-state index contributed by atoms with van der Waals surface area (Å²) in [5.74, 6) is -1.24. The van der Waals surface area contributed by atoms with Crippen molar-refractivity contribution in [1.82, 2.24) is 14.9 Å². The number of rotatable bonds is 9. The van der Waals surface area contributed by atoms with Crippen LogP contribution in [-0.4, -0.2) is 60.3 Å². The first-order chi connectivity index (χ1) is 21.2. The molecule has 1 aliphatic heterocycles. The first-order valence-corrected chi connectivity index (χ1v) is 16.4. The highest BCUT2D eigenvalue weighted by molar-refractivity contribution is 7.98. The van der Waals surface area contributed by atoms with Gasteiger partial charge in [0, 0.05) is 39.8 Å². The second-order valence-electron chi connectivity index (χ2n) is 12.3. The maximum atomic E-state index is 15.5. The Balaban J connectivity index is 1.46. The second-order valence-corrected chi connectivity index (χ2v) is 14.5. The molecule has 4 aromatic rings. The molecule has 0 aliphatic carbocycles. The summed E-state index contributed by atoms with van der Waals surface area (Å²) in [5.41, 5.74) is 2.04. The van der Waals surface area contributed by atoms with Crippen LogP contribution in [0.1, 0.15) is 47.4 Å². The van der Waals surface area contributed by atoms with E-state index in [2.05, 4.69) is 19.4 Å². The zero-order valence-corrected chi connectivity index (χ0v) is 28.6. The maximum Gasteiger partial charge on any atom is 0.251 e. The molecule has 6 nitrogen and oxygen atoms in total. The molecule has 1 N–H and O–H groups in total. The number of nitrogens with zero attached hydrogens (tertiary/aromatic N) is 3. The van der Waals surface area contributed by atoms with Crippen LogP contribution in [-0.2, 0) is 11.2 Å². The largest absolute Gasteiger partial charge is 0.494 e. The quantitative estimate of drug-likeness (QED) is 0.142. The summed E-state index contributed by atoms with van der Waals surface area (Å²) in [6.45, 7) is 5.80. The fourth-order valence-electron chi connectivity index (χ4n) is 5.63. The van der Waals surface area contributed by atoms with Crippen LogP contribution in [0.2, 0.25) is 15.1 Å². The van der Waals surface area contributed by atoms with Crippen LogP contribution < -0.4 is 10.1 Å². The van der Waals surface area contributed by atoms with Gasteiger partial charge in [0.1, 0.15) is 5.82 Å². The Morgan fingerprint density at radius 3 is 2.47 bits per heavy atom. The number of quaternary nitrogens is 1. The number of ether oxygens (including phenoxy) is 1. The molecule has 0 radical (unpaired) electrons. The number of imidazole rings is 1. The molecule has 3 aromatic carbocycles. The molecule has 0 spiro atoms. The SMILES string of the molecule is COc1cc(-n2c(C(C)(C)c3ccc(Cl)c(Cl)c3)cnc2SCc2c(F)cc(C(=O)NC3CC[N+](C)(C)C3)cc2Cl)ccc1F. The molecule has 1 fully saturated rings. The molecule has 1 unspecified atom stereocenters. The number of halogens is 5. The van der Waals surface area contributed by atoms with Crippen molar-refractivity contribution in [1.29, 1.82) is 0 Å². The molecule has 1 saturated heterocycles. The number of methoxy groups -OCH3 is 1. The van der Waals surface area contributed by atoms with E-state index < -0.39 is 17.0 Å². The molecule has 45 heavy (non-hydrogen) atoms. The van der Waals surface area contributed by atoms with Gasteiger partial charge in [-0.3, -0.25) is 9.36 Å². The van der Waals surface area contributed by atoms with Gasteiger partial charge >= 0.3 is 0 Å². The van der Waals surface area contributed by atoms with Gasteiger partial charge in [0.25, 0.3) is 5.91 Å². The average molecular weight is 695 g/mol. The van der Waals surface area contributed by atoms with E-state index in [9.17, 15) is 9.18 Å². The van der Waals surface area contributed by atoms with Crippen LogP contribution in [0.4, 0.5) is 8.78 Å². The van der Waals surface area contributed by atoms with Crippen molar-refractivity contribution in [3.63, 3.8) is 0 Å². The van der Waals surface area contributed by atoms with E-state index in [1.807, 2.05) is 24.5 Å². The van der Waals surface area contributed by atoms with Gasteiger partial charge in [0.15, 0.2) is 16.7 Å². The average Bonchev–Trinajstić information content (AvgIpc) is 3.56. The zero-order chi connectivity index (χ0) is 32.7. The lowest BCUT2D eigenvalue weighted by Crippen LogP contribution is -2.42. The summed E-state index contributed by atoms with van der Waals surface area (Å²) in [6, 6.07) is 12.7. The number of hydrogen-bond donors (Lipinski definition) is 1. The Hall–Kier alpha value is -2.82. The van der Waals surface area contributed by atoms with Crippen molar-refractivity contribution in [2.45, 2.75) is 42.6 Å². The third-order valence-corrected chi connectivity index (χ3v) is 10.3. The van der Waals surface area contributed by atoms with Gasteiger partial charge in [-0.1, -0.05) is 66.5 Å². The molecule has 1 amide bonds. The summed E-state index contributed by atoms with van der Waals surface area (Å²) < 4.78 is 37.9. The minimum absolute atomic E-state index is 0.0239. The number of aromatic nitrogens is 2. The predicted molar refractivity (Wildman–Crippen MR) is 177 cm³/mol. The lowest BCUT2D eigenvalue weighted by atomic mass is 9.81. The molecule has 5 rings (SSSR count). The first kappa shape index (κ1) is 33.5. The van der Waals surface area contributed by atoms with Crippen molar-refractivity contribution in [2.75, 3.05) is 34.3 Å². The number of carbonyl (C=O) groups excluding carboxylic acids is 1. The molecular weight excluding hydrogens is 661 g/mol. The van der Waals surface area contributed by atoms with Crippen molar-refractivity contribution < 1.29 is 22.8 Å². The molecule has 1 aliphatic rings. The molecule has 0 bridgehead atoms. The van der Waals surface area contributed by atoms with Gasteiger partial charge < -0.3 is 14.5 Å². The van der Waals surface area contributed by atoms with E-state index in [0.29, 0.717) is 20.9 Å². The van der Waals surface area contributed by atoms with Crippen LogP contribution in [0.3, 0.4) is 0 Å². The van der Waals surface area contributed by atoms with E-state index in [-0.39, 0.29) is 39.6 Å². The van der Waals surface area contributed by atoms with Crippen LogP contribution in [0, 0.1) is 11.6 Å². The summed E-state index contributed by atoms with van der Waals surface area (Å²) in [6.07, 6.45) is 2.59. The Bertz CT molecular complexity index is 1740. The van der Waals surface area contributed by atoms with Crippen molar-refractivity contribution in [3.05, 3.63) is 104 Å². The van der Waals surface area contributed by atoms with Crippen molar-refractivity contribution >= 4 is 52.5 Å². The van der Waals surface area contributed by atoms with Crippen molar-refractivity contribution in [3.8, 4) is 11.4 Å². The van der Waals surface area contributed by atoms with Gasteiger partial charge in [0.05, 0.1) is 68.0 Å². The summed E-state index contributed by atoms with van der Waals surface area (Å²) in [4.78, 5) is 17.6. The first-order valence-electron chi connectivity index (χ1n) is 14.3. The second kappa shape index (κ2) is 13.1. The van der Waals surface area contributed by atoms with E-state index in [4.69, 9.17) is 44.5 Å². The Morgan fingerprint density at radius 1 is 1.07 bits per heavy atom. The maximum absolute atomic E-state index is 15.5. The lowest BCUT2D eigenvalue weighted by molar-refractivity contribution is -0.878. The molecule has 12 heteroatoms. The monoisotopic (exact) mass is 693 g/mol. The third-order valence-electron chi connectivity index (χ3n) is 8.29. The number of hydrogen-bond acceptors (Lipinski definition) is 4. The topological polar surface area (TPSA) is 56.2 Å². The predicted octanol–water partition coefficient (Wildman–Crippen LogP) is 8.32. The van der Waals surface area contributed by atoms with Crippen LogP contribution in [0.25, 0.3) is 5.69 Å². The molecule has 0 saturated carbocycles. The van der Waals surface area contributed by atoms with E-state index >= 15 is 4.39 Å². The van der Waals surface area contributed by atoms with E-state index in [1.165, 1.54) is 37.1 Å². The number of amides is 1. The zero-order valence-electron chi connectivity index (χ0n) is 25.6. The standard InChI is InChI=1S/C33H33Cl3F2N4O2S/c1-33(2,20-6-8-24(34)26(36)14-20)30-16-39-32(41(30)22-7-9-27(37)29(15-22)44-5)45-18-23-25(35)12-19(13-28(23)38)31(43)40-21-10-11-42(3,4)17-21/h6-9,12-16,21H,10-11,17-18H2,1-5H3/p+1. The molecule has 1 atom stereocenters. The Labute approximate surface area is 281 Å². The highest BCUT2D eigenvalue weighted by Gasteiger charge is 2.33. The molecular formula is C33H34Cl3F2N4O2S+. The number of carbonyl (C=O) groups is 1. The normalized spacial score (nSPS) is 16.2. The fraction of sp³-hybridized carbons (Fsp3) is 0.333. The van der Waals surface area contributed by atoms with Crippen molar-refractivity contribution in [2.24, 2.45) is 0 Å². The smallest absolute Gasteiger partial charge is 0.251 e. The summed E-state index contributed by atoms with van der Waals surface area (Å²) in [7, 11) is 5.63. The number of benzene rings is 3. The number of likely N-dealkylation sites (N-methyl/N-ethyl adjacent to an activating group) is 1. The van der Waals surface area contributed by atoms with E-state index in [0.717, 1.165) is 35.3 Å². The summed E-state index contributed by atoms with van der Waals surface area (Å²) >= 11 is 20.4. The third kappa shape index (κ3) is 7.13. The van der Waals surface area contributed by atoms with Gasteiger partial charge in [-0.05, 0) is 42.0 Å². The Kier molecular flexibility index (Phi) is 9.78. The van der Waals surface area contributed by atoms with Gasteiger partial charge in [-0.25, -0.2) is 13.8 Å². The highest BCUT2D eigenvalue weighted by Crippen LogP contribution is 2.40. The van der Waals surface area contributed by atoms with Gasteiger partial charge in [-0.2, -0.15) is 0 Å². The Morgan fingerprint density at radius 2 is 1.82 bits per heavy atom. The highest BCUT2D eigenvalue weighted by atomic mass is 35.5. The minimum Gasteiger partial charge on any atom is -0.494 e. The summed E-state index contributed by atoms with van der Waals surface area (Å²) in [5, 5.41) is 4.53. The number of nitrogens with one attached hydrogen (secondary N) is 1. The van der Waals surface area contributed by atoms with Gasteiger partial charge in [-0.15, -0.1) is 0 Å². The molecule has 1 aromatic heterocycles. The molecule has 238 valence electrons. The number of likely N-dealkylation sites (tertiary alicyclic amines) is 1. The number of thioether (sulfide) groups is 1. The molecule has 2 heterocycles. The lowest BCUT2D eigenvalue weighted by Gasteiger charge is -2.28. The fourth-order valence-corrected chi connectivity index (χ4v) is 7.31. The van der Waals surface area contributed by atoms with Crippen LogP contribution in [0.5, 0.6) is 5.75 Å². The van der Waals surface area contributed by atoms with Gasteiger partial charge in [0.2, 0.25) is 0 Å². The van der Waals surface area contributed by atoms with Crippen LogP contribution in [0.15, 0.2) is 59.9 Å². The van der Waals surface area contributed by atoms with Crippen LogP contribution >= 0.6 is 46.6 Å². The minimum atomic E-state index is -0.632.